The Labute approximate surface area is 161 Å². The molecule has 1 aromatic rings. The maximum absolute atomic E-state index is 13.5. The normalized spacial score (nSPS) is 35.3. The lowest BCUT2D eigenvalue weighted by molar-refractivity contribution is 0.00128. The van der Waals surface area contributed by atoms with Gasteiger partial charge in [0.15, 0.2) is 5.69 Å². The van der Waals surface area contributed by atoms with Crippen molar-refractivity contribution in [1.29, 1.82) is 0 Å². The van der Waals surface area contributed by atoms with Crippen LogP contribution in [0.3, 0.4) is 0 Å². The molecule has 0 spiro atoms. The van der Waals surface area contributed by atoms with Crippen LogP contribution in [0.5, 0.6) is 0 Å². The van der Waals surface area contributed by atoms with Crippen molar-refractivity contribution < 1.29 is 4.79 Å². The van der Waals surface area contributed by atoms with Gasteiger partial charge in [-0.2, -0.15) is 5.10 Å². The minimum absolute atomic E-state index is 0.184. The average Bonchev–Trinajstić information content (AvgIpc) is 3.31. The number of rotatable bonds is 1. The lowest BCUT2D eigenvalue weighted by atomic mass is 9.68. The summed E-state index contributed by atoms with van der Waals surface area (Å²) in [5.41, 5.74) is 4.68. The van der Waals surface area contributed by atoms with E-state index < -0.39 is 0 Å². The van der Waals surface area contributed by atoms with E-state index >= 15 is 0 Å². The fourth-order valence-corrected chi connectivity index (χ4v) is 6.83. The van der Waals surface area contributed by atoms with Crippen LogP contribution in [0.4, 0.5) is 0 Å². The van der Waals surface area contributed by atoms with Crippen LogP contribution in [0.1, 0.15) is 66.7 Å². The summed E-state index contributed by atoms with van der Waals surface area (Å²) in [5, 5.41) is 7.59. The Balaban J connectivity index is 1.33. The molecule has 27 heavy (non-hydrogen) atoms. The first kappa shape index (κ1) is 16.3. The summed E-state index contributed by atoms with van der Waals surface area (Å²) >= 11 is 0. The smallest absolute Gasteiger partial charge is 0.275 e. The van der Waals surface area contributed by atoms with Gasteiger partial charge in [-0.15, -0.1) is 0 Å². The molecular formula is C22H30N4O. The van der Waals surface area contributed by atoms with E-state index in [1.54, 1.807) is 5.57 Å². The number of carbonyl (C=O) groups is 1. The molecule has 3 fully saturated rings. The zero-order valence-electron chi connectivity index (χ0n) is 16.1. The van der Waals surface area contributed by atoms with Crippen LogP contribution in [0.25, 0.3) is 0 Å². The molecule has 1 amide bonds. The second kappa shape index (κ2) is 6.20. The monoisotopic (exact) mass is 366 g/mol. The minimum Gasteiger partial charge on any atom is -0.330 e. The molecule has 1 N–H and O–H groups in total. The third-order valence-electron chi connectivity index (χ3n) is 7.93. The van der Waals surface area contributed by atoms with Crippen molar-refractivity contribution in [3.63, 3.8) is 0 Å². The fraction of sp³-hybridized carbons (Fsp3) is 0.727. The molecule has 2 bridgehead atoms. The van der Waals surface area contributed by atoms with Crippen molar-refractivity contribution in [2.24, 2.45) is 11.8 Å². The average molecular weight is 367 g/mol. The Hall–Kier alpha value is -1.62. The zero-order valence-corrected chi connectivity index (χ0v) is 16.1. The minimum atomic E-state index is 0.184. The quantitative estimate of drug-likeness (QED) is 0.778. The van der Waals surface area contributed by atoms with Gasteiger partial charge in [0.1, 0.15) is 0 Å². The second-order valence-electron chi connectivity index (χ2n) is 9.39. The molecule has 0 unspecified atom stereocenters. The van der Waals surface area contributed by atoms with Gasteiger partial charge in [0.05, 0.1) is 6.04 Å². The van der Waals surface area contributed by atoms with Crippen LogP contribution < -0.4 is 0 Å². The summed E-state index contributed by atoms with van der Waals surface area (Å²) in [6.45, 7) is 3.34. The molecule has 6 rings (SSSR count). The lowest BCUT2D eigenvalue weighted by Crippen LogP contribution is -2.60. The largest absolute Gasteiger partial charge is 0.330 e. The Morgan fingerprint density at radius 1 is 1.11 bits per heavy atom. The molecule has 5 nitrogen and oxygen atoms in total. The highest BCUT2D eigenvalue weighted by molar-refractivity contribution is 5.94. The molecule has 3 aliphatic heterocycles. The first-order chi connectivity index (χ1) is 13.3. The van der Waals surface area contributed by atoms with E-state index in [4.69, 9.17) is 0 Å². The Morgan fingerprint density at radius 3 is 3.04 bits per heavy atom. The summed E-state index contributed by atoms with van der Waals surface area (Å²) in [5.74, 6) is 1.52. The van der Waals surface area contributed by atoms with Crippen molar-refractivity contribution >= 4 is 5.91 Å². The Bertz CT molecular complexity index is 796. The highest BCUT2D eigenvalue weighted by Gasteiger charge is 2.47. The number of amides is 1. The molecule has 2 aliphatic carbocycles. The van der Waals surface area contributed by atoms with Crippen molar-refractivity contribution in [3.8, 4) is 0 Å². The van der Waals surface area contributed by atoms with E-state index in [2.05, 4.69) is 26.1 Å². The number of carbonyl (C=O) groups excluding carboxylic acids is 1. The molecule has 1 aromatic heterocycles. The van der Waals surface area contributed by atoms with Gasteiger partial charge in [-0.05, 0) is 69.7 Å². The van der Waals surface area contributed by atoms with Gasteiger partial charge in [-0.1, -0.05) is 18.1 Å². The van der Waals surface area contributed by atoms with Gasteiger partial charge in [-0.3, -0.25) is 14.8 Å². The molecule has 0 aromatic carbocycles. The number of aromatic amines is 1. The van der Waals surface area contributed by atoms with Crippen LogP contribution in [-0.2, 0) is 12.8 Å². The van der Waals surface area contributed by atoms with Gasteiger partial charge in [-0.25, -0.2) is 0 Å². The predicted octanol–water partition coefficient (Wildman–Crippen LogP) is 2.93. The van der Waals surface area contributed by atoms with E-state index in [0.717, 1.165) is 49.9 Å². The number of nitrogens with one attached hydrogen (secondary N) is 1. The maximum atomic E-state index is 13.5. The summed E-state index contributed by atoms with van der Waals surface area (Å²) in [4.78, 5) is 18.5. The van der Waals surface area contributed by atoms with E-state index in [1.165, 1.54) is 56.5 Å². The fourth-order valence-electron chi connectivity index (χ4n) is 6.83. The van der Waals surface area contributed by atoms with Crippen LogP contribution in [-0.4, -0.2) is 57.6 Å². The van der Waals surface area contributed by atoms with Crippen molar-refractivity contribution in [1.82, 2.24) is 20.0 Å². The predicted molar refractivity (Wildman–Crippen MR) is 104 cm³/mol. The number of fused-ring (bicyclic) bond motifs is 7. The molecule has 0 radical (unpaired) electrons. The Morgan fingerprint density at radius 2 is 2.07 bits per heavy atom. The maximum Gasteiger partial charge on any atom is 0.275 e. The molecule has 144 valence electrons. The van der Waals surface area contributed by atoms with E-state index in [0.29, 0.717) is 12.0 Å². The number of hydrogen-bond acceptors (Lipinski definition) is 3. The van der Waals surface area contributed by atoms with Gasteiger partial charge >= 0.3 is 0 Å². The molecule has 4 heterocycles. The van der Waals surface area contributed by atoms with Gasteiger partial charge < -0.3 is 4.90 Å². The van der Waals surface area contributed by atoms with Crippen LogP contribution >= 0.6 is 0 Å². The first-order valence-corrected chi connectivity index (χ1v) is 11.1. The molecule has 0 saturated carbocycles. The number of likely N-dealkylation sites (tertiary alicyclic amines) is 1. The second-order valence-corrected chi connectivity index (χ2v) is 9.39. The SMILES string of the molecule is O=C(c1n[nH]c2c1CCC2)N1CCCC2=C[C@H]3C[C@@H](CN4CCCC[C@@H]34)[C@@H]21. The van der Waals surface area contributed by atoms with Crippen molar-refractivity contribution in [2.45, 2.75) is 69.9 Å². The first-order valence-electron chi connectivity index (χ1n) is 11.1. The molecule has 3 saturated heterocycles. The molecular weight excluding hydrogens is 336 g/mol. The number of aromatic nitrogens is 2. The zero-order chi connectivity index (χ0) is 18.0. The third-order valence-corrected chi connectivity index (χ3v) is 7.93. The topological polar surface area (TPSA) is 52.2 Å². The Kier molecular flexibility index (Phi) is 3.75. The highest BCUT2D eigenvalue weighted by atomic mass is 16.2. The van der Waals surface area contributed by atoms with Crippen LogP contribution in [0.2, 0.25) is 0 Å². The van der Waals surface area contributed by atoms with E-state index in [-0.39, 0.29) is 5.91 Å². The molecule has 5 aliphatic rings. The number of H-pyrrole nitrogens is 1. The van der Waals surface area contributed by atoms with Crippen LogP contribution in [0.15, 0.2) is 11.6 Å². The van der Waals surface area contributed by atoms with Gasteiger partial charge in [0.25, 0.3) is 5.91 Å². The number of piperidine rings is 3. The van der Waals surface area contributed by atoms with Gasteiger partial charge in [0.2, 0.25) is 0 Å². The number of aryl methyl sites for hydroxylation is 1. The summed E-state index contributed by atoms with van der Waals surface area (Å²) in [6, 6.07) is 1.09. The third kappa shape index (κ3) is 2.47. The summed E-state index contributed by atoms with van der Waals surface area (Å²) in [7, 11) is 0. The summed E-state index contributed by atoms with van der Waals surface area (Å²) in [6.07, 6.45) is 13.5. The van der Waals surface area contributed by atoms with Gasteiger partial charge in [0, 0.05) is 30.4 Å². The molecule has 4 atom stereocenters. The highest BCUT2D eigenvalue weighted by Crippen LogP contribution is 2.45. The van der Waals surface area contributed by atoms with E-state index in [9.17, 15) is 4.79 Å². The lowest BCUT2D eigenvalue weighted by Gasteiger charge is -2.54. The standard InChI is InChI=1S/C22H30N4O/c27-22(20-17-6-3-7-18(17)23-24-20)26-10-4-5-14-11-15-12-16(21(14)26)13-25-9-2-1-8-19(15)25/h11,15-16,19,21H,1-10,12-13H2,(H,23,24)/t15-,16-,19-,21+/m0/s1. The van der Waals surface area contributed by atoms with Crippen molar-refractivity contribution in [2.75, 3.05) is 19.6 Å². The number of hydrogen-bond donors (Lipinski definition) is 1. The van der Waals surface area contributed by atoms with E-state index in [1.807, 2.05) is 0 Å². The van der Waals surface area contributed by atoms with Crippen LogP contribution in [0, 0.1) is 11.8 Å². The van der Waals surface area contributed by atoms with Crippen molar-refractivity contribution in [3.05, 3.63) is 28.6 Å². The number of nitrogens with zero attached hydrogens (tertiary/aromatic N) is 3. The molecule has 5 heteroatoms. The summed E-state index contributed by atoms with van der Waals surface area (Å²) < 4.78 is 0.